The molecule has 0 atom stereocenters. The van der Waals surface area contributed by atoms with Crippen LogP contribution in [0.5, 0.6) is 0 Å². The van der Waals surface area contributed by atoms with Gasteiger partial charge >= 0.3 is 0 Å². The quantitative estimate of drug-likeness (QED) is 0.463. The van der Waals surface area contributed by atoms with Crippen molar-refractivity contribution in [2.45, 2.75) is 46.0 Å². The molecule has 0 N–H and O–H groups in total. The lowest BCUT2D eigenvalue weighted by molar-refractivity contribution is 0.299. The van der Waals surface area contributed by atoms with Crippen LogP contribution in [0.4, 0.5) is 0 Å². The van der Waals surface area contributed by atoms with Crippen molar-refractivity contribution in [3.63, 3.8) is 0 Å². The van der Waals surface area contributed by atoms with Crippen LogP contribution in [0.2, 0.25) is 0 Å². The Balaban J connectivity index is 2.69. The molecule has 0 bridgehead atoms. The minimum absolute atomic E-state index is 0.127. The van der Waals surface area contributed by atoms with Crippen molar-refractivity contribution in [3.8, 4) is 6.07 Å². The van der Waals surface area contributed by atoms with E-state index in [0.29, 0.717) is 5.57 Å². The molecule has 1 heteroatoms. The average Bonchev–Trinajstić information content (AvgIpc) is 2.75. The Morgan fingerprint density at radius 2 is 1.86 bits per heavy atom. The Morgan fingerprint density at radius 3 is 2.36 bits per heavy atom. The van der Waals surface area contributed by atoms with Gasteiger partial charge in [0.25, 0.3) is 0 Å². The van der Waals surface area contributed by atoms with Gasteiger partial charge in [-0.05, 0) is 49.5 Å². The maximum atomic E-state index is 9.25. The highest BCUT2D eigenvalue weighted by atomic mass is 14.5. The summed E-state index contributed by atoms with van der Waals surface area (Å²) in [5.74, 6) is 0. The highest BCUT2D eigenvalue weighted by Crippen LogP contribution is 2.56. The Labute approximate surface area is 134 Å². The predicted molar refractivity (Wildman–Crippen MR) is 94.1 cm³/mol. The van der Waals surface area contributed by atoms with Gasteiger partial charge in [0.15, 0.2) is 0 Å². The molecular weight excluding hydrogens is 266 g/mol. The van der Waals surface area contributed by atoms with Crippen LogP contribution in [0.15, 0.2) is 71.4 Å². The van der Waals surface area contributed by atoms with E-state index in [9.17, 15) is 5.26 Å². The smallest absolute Gasteiger partial charge is 0.0991 e. The predicted octanol–water partition coefficient (Wildman–Crippen LogP) is 5.96. The van der Waals surface area contributed by atoms with Crippen LogP contribution in [0.1, 0.15) is 46.0 Å². The van der Waals surface area contributed by atoms with Gasteiger partial charge in [0.05, 0.1) is 11.6 Å². The van der Waals surface area contributed by atoms with Crippen molar-refractivity contribution < 1.29 is 0 Å². The SMILES string of the molecule is C=CC1=C(/C=C\C)C(/C=C(/C#N)C=C)=C(C)C12CCCCC2. The Kier molecular flexibility index (Phi) is 5.03. The molecule has 2 aliphatic carbocycles. The van der Waals surface area contributed by atoms with Gasteiger partial charge in [-0.1, -0.05) is 62.3 Å². The molecule has 0 heterocycles. The molecule has 1 fully saturated rings. The van der Waals surface area contributed by atoms with E-state index < -0.39 is 0 Å². The maximum Gasteiger partial charge on any atom is 0.0991 e. The molecule has 0 aliphatic heterocycles. The lowest BCUT2D eigenvalue weighted by Gasteiger charge is -2.37. The molecule has 0 amide bonds. The fraction of sp³-hybridized carbons (Fsp3) is 0.381. The molecule has 1 nitrogen and oxygen atoms in total. The minimum atomic E-state index is 0.127. The van der Waals surface area contributed by atoms with E-state index in [0.717, 1.165) is 0 Å². The van der Waals surface area contributed by atoms with Crippen LogP contribution in [0.3, 0.4) is 0 Å². The number of nitriles is 1. The molecule has 1 spiro atoms. The highest BCUT2D eigenvalue weighted by molar-refractivity contribution is 5.65. The minimum Gasteiger partial charge on any atom is -0.192 e. The first kappa shape index (κ1) is 16.3. The Morgan fingerprint density at radius 1 is 1.18 bits per heavy atom. The second kappa shape index (κ2) is 6.79. The van der Waals surface area contributed by atoms with Gasteiger partial charge in [-0.3, -0.25) is 0 Å². The molecule has 2 rings (SSSR count). The molecule has 0 aromatic heterocycles. The molecule has 0 aromatic carbocycles. The first-order valence-corrected chi connectivity index (χ1v) is 8.10. The number of rotatable bonds is 4. The third-order valence-electron chi connectivity index (χ3n) is 5.11. The molecule has 0 saturated heterocycles. The topological polar surface area (TPSA) is 23.8 Å². The van der Waals surface area contributed by atoms with Gasteiger partial charge < -0.3 is 0 Å². The second-order valence-corrected chi connectivity index (χ2v) is 6.13. The summed E-state index contributed by atoms with van der Waals surface area (Å²) < 4.78 is 0. The lowest BCUT2D eigenvalue weighted by Crippen LogP contribution is -2.25. The fourth-order valence-electron chi connectivity index (χ4n) is 3.99. The molecule has 0 aromatic rings. The molecule has 0 radical (unpaired) electrons. The zero-order valence-corrected chi connectivity index (χ0v) is 13.8. The third kappa shape index (κ3) is 2.55. The molecule has 1 saturated carbocycles. The summed E-state index contributed by atoms with van der Waals surface area (Å²) in [5, 5.41) is 9.25. The molecule has 22 heavy (non-hydrogen) atoms. The van der Waals surface area contributed by atoms with Crippen LogP contribution in [-0.4, -0.2) is 0 Å². The summed E-state index contributed by atoms with van der Waals surface area (Å²) in [6.07, 6.45) is 16.1. The Hall–Kier alpha value is -2.07. The summed E-state index contributed by atoms with van der Waals surface area (Å²) in [7, 11) is 0. The number of hydrogen-bond donors (Lipinski definition) is 0. The van der Waals surface area contributed by atoms with Gasteiger partial charge in [-0.15, -0.1) is 0 Å². The van der Waals surface area contributed by atoms with Crippen molar-refractivity contribution >= 4 is 0 Å². The van der Waals surface area contributed by atoms with E-state index in [-0.39, 0.29) is 5.41 Å². The van der Waals surface area contributed by atoms with Crippen LogP contribution in [0, 0.1) is 16.7 Å². The molecular formula is C21H25N. The highest BCUT2D eigenvalue weighted by Gasteiger charge is 2.42. The zero-order valence-electron chi connectivity index (χ0n) is 13.8. The van der Waals surface area contributed by atoms with E-state index >= 15 is 0 Å². The van der Waals surface area contributed by atoms with Crippen molar-refractivity contribution in [2.75, 3.05) is 0 Å². The summed E-state index contributed by atoms with van der Waals surface area (Å²) in [6, 6.07) is 2.22. The standard InChI is InChI=1S/C21H25N/c1-5-11-18-19(14-17(6-2)15-22)16(4)21(20(18)7-3)12-9-8-10-13-21/h5-7,11,14H,2-3,8-10,12-13H2,1,4H3/b11-5-,17-14+. The number of allylic oxidation sites excluding steroid dienone is 10. The lowest BCUT2D eigenvalue weighted by atomic mass is 9.66. The van der Waals surface area contributed by atoms with Crippen molar-refractivity contribution in [3.05, 3.63) is 71.4 Å². The second-order valence-electron chi connectivity index (χ2n) is 6.13. The van der Waals surface area contributed by atoms with Gasteiger partial charge in [-0.2, -0.15) is 5.26 Å². The van der Waals surface area contributed by atoms with Crippen LogP contribution < -0.4 is 0 Å². The molecule has 2 aliphatic rings. The number of hydrogen-bond acceptors (Lipinski definition) is 1. The van der Waals surface area contributed by atoms with E-state index in [1.165, 1.54) is 54.4 Å². The summed E-state index contributed by atoms with van der Waals surface area (Å²) in [5.41, 5.74) is 5.90. The monoisotopic (exact) mass is 291 g/mol. The van der Waals surface area contributed by atoms with Gasteiger partial charge in [-0.25, -0.2) is 0 Å². The molecule has 0 unspecified atom stereocenters. The number of nitrogens with zero attached hydrogens (tertiary/aromatic N) is 1. The summed E-state index contributed by atoms with van der Waals surface area (Å²) in [4.78, 5) is 0. The van der Waals surface area contributed by atoms with Crippen molar-refractivity contribution in [1.82, 2.24) is 0 Å². The van der Waals surface area contributed by atoms with Gasteiger partial charge in [0.1, 0.15) is 0 Å². The van der Waals surface area contributed by atoms with E-state index in [2.05, 4.69) is 38.3 Å². The summed E-state index contributed by atoms with van der Waals surface area (Å²) in [6.45, 7) is 12.1. The normalized spacial score (nSPS) is 21.6. The van der Waals surface area contributed by atoms with E-state index in [4.69, 9.17) is 0 Å². The summed E-state index contributed by atoms with van der Waals surface area (Å²) >= 11 is 0. The van der Waals surface area contributed by atoms with Gasteiger partial charge in [0.2, 0.25) is 0 Å². The zero-order chi connectivity index (χ0) is 16.2. The Bertz CT molecular complexity index is 638. The first-order valence-electron chi connectivity index (χ1n) is 8.10. The van der Waals surface area contributed by atoms with Crippen LogP contribution in [-0.2, 0) is 0 Å². The third-order valence-corrected chi connectivity index (χ3v) is 5.11. The first-order chi connectivity index (χ1) is 10.6. The van der Waals surface area contributed by atoms with Crippen LogP contribution in [0.25, 0.3) is 0 Å². The molecule has 114 valence electrons. The van der Waals surface area contributed by atoms with Gasteiger partial charge in [0, 0.05) is 5.41 Å². The maximum absolute atomic E-state index is 9.25. The van der Waals surface area contributed by atoms with Crippen molar-refractivity contribution in [2.24, 2.45) is 5.41 Å². The fourth-order valence-corrected chi connectivity index (χ4v) is 3.99. The van der Waals surface area contributed by atoms with Crippen molar-refractivity contribution in [1.29, 1.82) is 5.26 Å². The van der Waals surface area contributed by atoms with Crippen LogP contribution >= 0.6 is 0 Å². The largest absolute Gasteiger partial charge is 0.192 e. The average molecular weight is 291 g/mol. The van der Waals surface area contributed by atoms with E-state index in [1.54, 1.807) is 6.08 Å². The van der Waals surface area contributed by atoms with E-state index in [1.807, 2.05) is 19.1 Å².